The lowest BCUT2D eigenvalue weighted by atomic mass is 10.1. The number of hydrogen-bond donors (Lipinski definition) is 2. The molecule has 8 heteroatoms. The Morgan fingerprint density at radius 3 is 2.59 bits per heavy atom. The molecule has 1 aliphatic heterocycles. The van der Waals surface area contributed by atoms with Gasteiger partial charge in [0, 0.05) is 24.2 Å². The Morgan fingerprint density at radius 1 is 1.12 bits per heavy atom. The van der Waals surface area contributed by atoms with Crippen molar-refractivity contribution in [1.82, 2.24) is 14.5 Å². The van der Waals surface area contributed by atoms with Gasteiger partial charge < -0.3 is 19.3 Å². The quantitative estimate of drug-likeness (QED) is 0.581. The summed E-state index contributed by atoms with van der Waals surface area (Å²) in [6, 6.07) is 14.4. The zero-order valence-electron chi connectivity index (χ0n) is 20.0. The number of amides is 2. The molecule has 0 radical (unpaired) electrons. The van der Waals surface area contributed by atoms with Gasteiger partial charge in [-0.05, 0) is 58.2 Å². The molecule has 1 saturated heterocycles. The third-order valence-corrected chi connectivity index (χ3v) is 5.89. The maximum Gasteiger partial charge on any atom is 0.410 e. The van der Waals surface area contributed by atoms with Crippen LogP contribution in [0.3, 0.4) is 0 Å². The van der Waals surface area contributed by atoms with Crippen LogP contribution in [0.25, 0.3) is 11.0 Å². The van der Waals surface area contributed by atoms with Crippen molar-refractivity contribution in [3.8, 4) is 0 Å². The number of carbonyl (C=O) groups is 2. The Balaban J connectivity index is 1.74. The number of carbonyl (C=O) groups excluding carboxylic acids is 2. The Labute approximate surface area is 199 Å². The number of benzene rings is 2. The number of hydrogen-bond acceptors (Lipinski definition) is 5. The van der Waals surface area contributed by atoms with Crippen LogP contribution in [0, 0.1) is 0 Å². The third kappa shape index (κ3) is 5.22. The first kappa shape index (κ1) is 23.8. The van der Waals surface area contributed by atoms with Gasteiger partial charge in [-0.15, -0.1) is 0 Å². The van der Waals surface area contributed by atoms with Crippen LogP contribution in [-0.2, 0) is 11.3 Å². The molecular weight excluding hydrogens is 432 g/mol. The van der Waals surface area contributed by atoms with Gasteiger partial charge >= 0.3 is 6.09 Å². The van der Waals surface area contributed by atoms with Crippen LogP contribution in [0.1, 0.15) is 62.0 Å². The monoisotopic (exact) mass is 464 g/mol. The molecule has 180 valence electrons. The average molecular weight is 465 g/mol. The van der Waals surface area contributed by atoms with Gasteiger partial charge in [-0.2, -0.15) is 0 Å². The zero-order valence-corrected chi connectivity index (χ0v) is 20.0. The van der Waals surface area contributed by atoms with Gasteiger partial charge in [0.1, 0.15) is 5.60 Å². The SMILES string of the molecule is CC(C)(C)OC(=O)N1CCCC[C@@H](n2c(NC(=O)c3ccccc3)nc3cccc(CO)c32)C1. The highest BCUT2D eigenvalue weighted by molar-refractivity contribution is 6.04. The topological polar surface area (TPSA) is 96.7 Å². The molecule has 1 aromatic heterocycles. The number of aromatic nitrogens is 2. The van der Waals surface area contributed by atoms with E-state index in [1.54, 1.807) is 17.0 Å². The van der Waals surface area contributed by atoms with Gasteiger partial charge in [0.2, 0.25) is 5.95 Å². The summed E-state index contributed by atoms with van der Waals surface area (Å²) in [4.78, 5) is 32.3. The van der Waals surface area contributed by atoms with Crippen LogP contribution in [0.2, 0.25) is 0 Å². The molecule has 1 aliphatic rings. The number of likely N-dealkylation sites (tertiary alicyclic amines) is 1. The summed E-state index contributed by atoms with van der Waals surface area (Å²) in [5, 5.41) is 13.0. The van der Waals surface area contributed by atoms with Crippen LogP contribution in [0.5, 0.6) is 0 Å². The summed E-state index contributed by atoms with van der Waals surface area (Å²) in [6.07, 6.45) is 2.23. The van der Waals surface area contributed by atoms with Crippen LogP contribution in [0.4, 0.5) is 10.7 Å². The maximum absolute atomic E-state index is 13.0. The first-order chi connectivity index (χ1) is 16.3. The van der Waals surface area contributed by atoms with E-state index in [2.05, 4.69) is 5.32 Å². The van der Waals surface area contributed by atoms with Gasteiger partial charge in [-0.25, -0.2) is 9.78 Å². The first-order valence-corrected chi connectivity index (χ1v) is 11.7. The number of imidazole rings is 1. The minimum atomic E-state index is -0.584. The summed E-state index contributed by atoms with van der Waals surface area (Å²) >= 11 is 0. The van der Waals surface area contributed by atoms with E-state index in [1.165, 1.54) is 0 Å². The molecule has 34 heavy (non-hydrogen) atoms. The molecule has 0 spiro atoms. The standard InChI is InChI=1S/C26H32N4O4/c1-26(2,3)34-25(33)29-15-8-7-13-20(16-29)30-22-19(17-31)12-9-14-21(22)27-24(30)28-23(32)18-10-5-4-6-11-18/h4-6,9-12,14,20,31H,7-8,13,15-17H2,1-3H3,(H,27,28,32)/t20-/m1/s1. The highest BCUT2D eigenvalue weighted by Gasteiger charge is 2.30. The van der Waals surface area contributed by atoms with Crippen molar-refractivity contribution in [2.24, 2.45) is 0 Å². The van der Waals surface area contributed by atoms with Gasteiger partial charge in [0.05, 0.1) is 23.7 Å². The molecule has 2 N–H and O–H groups in total. The Morgan fingerprint density at radius 2 is 1.88 bits per heavy atom. The minimum absolute atomic E-state index is 0.140. The lowest BCUT2D eigenvalue weighted by Crippen LogP contribution is -2.39. The van der Waals surface area contributed by atoms with E-state index in [4.69, 9.17) is 9.72 Å². The lowest BCUT2D eigenvalue weighted by molar-refractivity contribution is 0.0238. The molecule has 8 nitrogen and oxygen atoms in total. The Kier molecular flexibility index (Phi) is 6.88. The van der Waals surface area contributed by atoms with E-state index in [0.29, 0.717) is 30.1 Å². The normalized spacial score (nSPS) is 16.8. The number of nitrogens with zero attached hydrogens (tertiary/aromatic N) is 3. The smallest absolute Gasteiger partial charge is 0.410 e. The van der Waals surface area contributed by atoms with Crippen molar-refractivity contribution >= 4 is 29.0 Å². The van der Waals surface area contributed by atoms with Gasteiger partial charge in [0.25, 0.3) is 5.91 Å². The minimum Gasteiger partial charge on any atom is -0.444 e. The number of rotatable bonds is 4. The van der Waals surface area contributed by atoms with E-state index < -0.39 is 5.60 Å². The summed E-state index contributed by atoms with van der Waals surface area (Å²) < 4.78 is 7.61. The largest absolute Gasteiger partial charge is 0.444 e. The number of ether oxygens (including phenoxy) is 1. The predicted octanol–water partition coefficient (Wildman–Crippen LogP) is 4.74. The average Bonchev–Trinajstić information content (AvgIpc) is 2.99. The van der Waals surface area contributed by atoms with Crippen LogP contribution in [0.15, 0.2) is 48.5 Å². The van der Waals surface area contributed by atoms with Crippen LogP contribution in [-0.4, -0.2) is 50.2 Å². The van der Waals surface area contributed by atoms with Crippen molar-refractivity contribution in [1.29, 1.82) is 0 Å². The first-order valence-electron chi connectivity index (χ1n) is 11.7. The van der Waals surface area contributed by atoms with E-state index >= 15 is 0 Å². The number of nitrogens with one attached hydrogen (secondary N) is 1. The zero-order chi connectivity index (χ0) is 24.3. The highest BCUT2D eigenvalue weighted by atomic mass is 16.6. The van der Waals surface area contributed by atoms with Crippen LogP contribution < -0.4 is 5.32 Å². The molecule has 1 fully saturated rings. The lowest BCUT2D eigenvalue weighted by Gasteiger charge is -2.29. The Hall–Kier alpha value is -3.39. The number of aliphatic hydroxyl groups excluding tert-OH is 1. The summed E-state index contributed by atoms with van der Waals surface area (Å²) in [5.41, 5.74) is 2.12. The molecule has 0 aliphatic carbocycles. The molecule has 2 heterocycles. The second kappa shape index (κ2) is 9.85. The molecular formula is C26H32N4O4. The predicted molar refractivity (Wildman–Crippen MR) is 131 cm³/mol. The number of para-hydroxylation sites is 1. The molecule has 2 aromatic carbocycles. The number of fused-ring (bicyclic) bond motifs is 1. The van der Waals surface area contributed by atoms with E-state index in [-0.39, 0.29) is 24.6 Å². The summed E-state index contributed by atoms with van der Waals surface area (Å²) in [6.45, 7) is 6.44. The fourth-order valence-electron chi connectivity index (χ4n) is 4.38. The second-order valence-corrected chi connectivity index (χ2v) is 9.64. The van der Waals surface area contributed by atoms with Crippen LogP contribution >= 0.6 is 0 Å². The maximum atomic E-state index is 13.0. The van der Waals surface area contributed by atoms with Crippen molar-refractivity contribution in [3.63, 3.8) is 0 Å². The number of anilines is 1. The highest BCUT2D eigenvalue weighted by Crippen LogP contribution is 2.32. The molecule has 3 aromatic rings. The molecule has 0 unspecified atom stereocenters. The van der Waals surface area contributed by atoms with Crippen molar-refractivity contribution in [2.75, 3.05) is 18.4 Å². The second-order valence-electron chi connectivity index (χ2n) is 9.64. The van der Waals surface area contributed by atoms with Gasteiger partial charge in [-0.1, -0.05) is 30.3 Å². The molecule has 0 saturated carbocycles. The van der Waals surface area contributed by atoms with Crippen molar-refractivity contribution < 1.29 is 19.4 Å². The van der Waals surface area contributed by atoms with Crippen molar-refractivity contribution in [2.45, 2.75) is 58.3 Å². The third-order valence-electron chi connectivity index (χ3n) is 5.89. The van der Waals surface area contributed by atoms with E-state index in [9.17, 15) is 14.7 Å². The van der Waals surface area contributed by atoms with E-state index in [0.717, 1.165) is 30.3 Å². The van der Waals surface area contributed by atoms with E-state index in [1.807, 2.05) is 61.7 Å². The summed E-state index contributed by atoms with van der Waals surface area (Å²) in [7, 11) is 0. The summed E-state index contributed by atoms with van der Waals surface area (Å²) in [5.74, 6) is 0.140. The molecule has 2 amide bonds. The molecule has 0 bridgehead atoms. The Bertz CT molecular complexity index is 1170. The van der Waals surface area contributed by atoms with Gasteiger partial charge in [0.15, 0.2) is 0 Å². The van der Waals surface area contributed by atoms with Crippen molar-refractivity contribution in [3.05, 3.63) is 59.7 Å². The fraction of sp³-hybridized carbons (Fsp3) is 0.423. The molecule has 4 rings (SSSR count). The molecule has 1 atom stereocenters. The number of aliphatic hydroxyl groups is 1. The van der Waals surface area contributed by atoms with Gasteiger partial charge in [-0.3, -0.25) is 10.1 Å². The fourth-order valence-corrected chi connectivity index (χ4v) is 4.38.